The number of benzene rings is 1. The fourth-order valence-corrected chi connectivity index (χ4v) is 2.44. The van der Waals surface area contributed by atoms with Gasteiger partial charge < -0.3 is 4.74 Å². The van der Waals surface area contributed by atoms with Crippen molar-refractivity contribution in [2.75, 3.05) is 7.11 Å². The molecule has 110 valence electrons. The summed E-state index contributed by atoms with van der Waals surface area (Å²) in [5.74, 6) is 0.820. The molecule has 1 aromatic heterocycles. The van der Waals surface area contributed by atoms with Crippen molar-refractivity contribution < 1.29 is 4.74 Å². The maximum atomic E-state index is 8.91. The topological polar surface area (TPSA) is 45.9 Å². The molecule has 0 aliphatic carbocycles. The minimum atomic E-state index is 0.629. The SMILES string of the molecule is C=C/C(c1ccc(C#N)cc1)=c1/ncc(C)c(OC)/c1=C/C. The van der Waals surface area contributed by atoms with E-state index in [4.69, 9.17) is 10.00 Å². The van der Waals surface area contributed by atoms with Gasteiger partial charge in [0.1, 0.15) is 5.75 Å². The third kappa shape index (κ3) is 2.77. The number of nitrogens with zero attached hydrogens (tertiary/aromatic N) is 2. The summed E-state index contributed by atoms with van der Waals surface area (Å²) in [6.07, 6.45) is 5.57. The second kappa shape index (κ2) is 6.73. The molecular formula is C19H18N2O. The van der Waals surface area contributed by atoms with Crippen molar-refractivity contribution in [1.82, 2.24) is 4.98 Å². The Morgan fingerprint density at radius 2 is 2.00 bits per heavy atom. The summed E-state index contributed by atoms with van der Waals surface area (Å²) in [4.78, 5) is 4.56. The molecule has 0 amide bonds. The van der Waals surface area contributed by atoms with E-state index in [2.05, 4.69) is 17.6 Å². The molecule has 0 unspecified atom stereocenters. The summed E-state index contributed by atoms with van der Waals surface area (Å²) < 4.78 is 5.51. The van der Waals surface area contributed by atoms with E-state index in [1.807, 2.05) is 32.1 Å². The van der Waals surface area contributed by atoms with Gasteiger partial charge in [-0.1, -0.05) is 30.9 Å². The first-order valence-electron chi connectivity index (χ1n) is 6.99. The van der Waals surface area contributed by atoms with Gasteiger partial charge in [-0.25, -0.2) is 0 Å². The lowest BCUT2D eigenvalue weighted by molar-refractivity contribution is 0.407. The van der Waals surface area contributed by atoms with Gasteiger partial charge in [0.05, 0.1) is 24.1 Å². The normalized spacial score (nSPS) is 12.5. The van der Waals surface area contributed by atoms with E-state index in [9.17, 15) is 0 Å². The van der Waals surface area contributed by atoms with Gasteiger partial charge in [0.25, 0.3) is 0 Å². The molecule has 1 aromatic carbocycles. The van der Waals surface area contributed by atoms with Crippen molar-refractivity contribution >= 4 is 11.6 Å². The van der Waals surface area contributed by atoms with Crippen LogP contribution in [0.15, 0.2) is 43.1 Å². The lowest BCUT2D eigenvalue weighted by Gasteiger charge is -2.08. The van der Waals surface area contributed by atoms with E-state index in [0.717, 1.165) is 33.0 Å². The average Bonchev–Trinajstić information content (AvgIpc) is 2.56. The summed E-state index contributed by atoms with van der Waals surface area (Å²) >= 11 is 0. The highest BCUT2D eigenvalue weighted by molar-refractivity contribution is 5.73. The molecule has 0 N–H and O–H groups in total. The Hall–Kier alpha value is -2.86. The first-order chi connectivity index (χ1) is 10.7. The Bertz CT molecular complexity index is 856. The van der Waals surface area contributed by atoms with Crippen LogP contribution in [-0.4, -0.2) is 12.1 Å². The van der Waals surface area contributed by atoms with E-state index in [1.165, 1.54) is 0 Å². The molecule has 3 nitrogen and oxygen atoms in total. The van der Waals surface area contributed by atoms with Gasteiger partial charge in [0.2, 0.25) is 0 Å². The zero-order chi connectivity index (χ0) is 16.1. The van der Waals surface area contributed by atoms with Crippen LogP contribution in [0.5, 0.6) is 5.75 Å². The van der Waals surface area contributed by atoms with Crippen LogP contribution in [0.2, 0.25) is 0 Å². The summed E-state index contributed by atoms with van der Waals surface area (Å²) in [5.41, 5.74) is 3.50. The Kier molecular flexibility index (Phi) is 4.75. The number of methoxy groups -OCH3 is 1. The number of hydrogen-bond acceptors (Lipinski definition) is 3. The molecule has 2 aromatic rings. The van der Waals surface area contributed by atoms with Crippen LogP contribution in [0, 0.1) is 18.3 Å². The van der Waals surface area contributed by atoms with Gasteiger partial charge in [0, 0.05) is 22.6 Å². The number of rotatable bonds is 3. The first-order valence-corrected chi connectivity index (χ1v) is 6.99. The highest BCUT2D eigenvalue weighted by Gasteiger charge is 2.07. The van der Waals surface area contributed by atoms with E-state index >= 15 is 0 Å². The molecule has 3 heteroatoms. The largest absolute Gasteiger partial charge is 0.496 e. The molecule has 0 atom stereocenters. The van der Waals surface area contributed by atoms with Crippen LogP contribution >= 0.6 is 0 Å². The number of allylic oxidation sites excluding steroid dienone is 1. The van der Waals surface area contributed by atoms with Crippen LogP contribution < -0.4 is 15.3 Å². The summed E-state index contributed by atoms with van der Waals surface area (Å²) in [7, 11) is 1.66. The van der Waals surface area contributed by atoms with Crippen molar-refractivity contribution in [2.45, 2.75) is 13.8 Å². The van der Waals surface area contributed by atoms with E-state index in [0.29, 0.717) is 5.56 Å². The monoisotopic (exact) mass is 290 g/mol. The van der Waals surface area contributed by atoms with Gasteiger partial charge in [0.15, 0.2) is 0 Å². The van der Waals surface area contributed by atoms with Crippen molar-refractivity contribution in [3.05, 3.63) is 70.4 Å². The van der Waals surface area contributed by atoms with Crippen LogP contribution in [0.4, 0.5) is 0 Å². The molecule has 0 saturated carbocycles. The Morgan fingerprint density at radius 1 is 1.32 bits per heavy atom. The van der Waals surface area contributed by atoms with Crippen LogP contribution in [-0.2, 0) is 0 Å². The highest BCUT2D eigenvalue weighted by atomic mass is 16.5. The van der Waals surface area contributed by atoms with Crippen molar-refractivity contribution in [2.24, 2.45) is 0 Å². The predicted molar refractivity (Wildman–Crippen MR) is 88.8 cm³/mol. The zero-order valence-corrected chi connectivity index (χ0v) is 13.1. The molecular weight excluding hydrogens is 272 g/mol. The highest BCUT2D eigenvalue weighted by Crippen LogP contribution is 2.14. The number of ether oxygens (including phenoxy) is 1. The van der Waals surface area contributed by atoms with Crippen LogP contribution in [0.1, 0.15) is 23.6 Å². The smallest absolute Gasteiger partial charge is 0.132 e. The number of nitriles is 1. The molecule has 22 heavy (non-hydrogen) atoms. The molecule has 0 fully saturated rings. The summed E-state index contributed by atoms with van der Waals surface area (Å²) in [5, 5.41) is 10.7. The quantitative estimate of drug-likeness (QED) is 0.872. The summed E-state index contributed by atoms with van der Waals surface area (Å²) in [6.45, 7) is 7.84. The minimum absolute atomic E-state index is 0.629. The second-order valence-corrected chi connectivity index (χ2v) is 4.83. The Labute approximate surface area is 130 Å². The van der Waals surface area contributed by atoms with Crippen LogP contribution in [0.3, 0.4) is 0 Å². The molecule has 0 aliphatic rings. The van der Waals surface area contributed by atoms with Gasteiger partial charge >= 0.3 is 0 Å². The fourth-order valence-electron chi connectivity index (χ4n) is 2.44. The lowest BCUT2D eigenvalue weighted by atomic mass is 10.0. The number of hydrogen-bond donors (Lipinski definition) is 0. The zero-order valence-electron chi connectivity index (χ0n) is 13.1. The standard InChI is InChI=1S/C19H18N2O/c1-5-16(15-9-7-14(11-20)8-10-15)18-17(6-2)19(22-4)13(3)12-21-18/h5-10,12H,1H2,2-4H3/b17-6+,18-16-. The van der Waals surface area contributed by atoms with Gasteiger partial charge in [-0.2, -0.15) is 5.26 Å². The molecule has 1 heterocycles. The maximum Gasteiger partial charge on any atom is 0.132 e. The van der Waals surface area contributed by atoms with Crippen molar-refractivity contribution in [3.8, 4) is 11.8 Å². The van der Waals surface area contributed by atoms with E-state index in [-0.39, 0.29) is 0 Å². The van der Waals surface area contributed by atoms with Crippen molar-refractivity contribution in [3.63, 3.8) is 0 Å². The van der Waals surface area contributed by atoms with Gasteiger partial charge in [-0.3, -0.25) is 4.98 Å². The third-order valence-corrected chi connectivity index (χ3v) is 3.52. The molecule has 0 saturated heterocycles. The predicted octanol–water partition coefficient (Wildman–Crippen LogP) is 2.46. The van der Waals surface area contributed by atoms with E-state index < -0.39 is 0 Å². The van der Waals surface area contributed by atoms with Gasteiger partial charge in [-0.05, 0) is 31.5 Å². The van der Waals surface area contributed by atoms with Crippen LogP contribution in [0.25, 0.3) is 11.6 Å². The first kappa shape index (κ1) is 15.5. The Balaban J connectivity index is 2.85. The maximum absolute atomic E-state index is 8.91. The third-order valence-electron chi connectivity index (χ3n) is 3.52. The van der Waals surface area contributed by atoms with Crippen molar-refractivity contribution in [1.29, 1.82) is 5.26 Å². The molecule has 0 spiro atoms. The Morgan fingerprint density at radius 3 is 2.50 bits per heavy atom. The molecule has 0 bridgehead atoms. The van der Waals surface area contributed by atoms with E-state index in [1.54, 1.807) is 31.5 Å². The average molecular weight is 290 g/mol. The molecule has 0 aliphatic heterocycles. The fraction of sp³-hybridized carbons (Fsp3) is 0.158. The molecule has 0 radical (unpaired) electrons. The minimum Gasteiger partial charge on any atom is -0.496 e. The molecule has 2 rings (SSSR count). The summed E-state index contributed by atoms with van der Waals surface area (Å²) in [6, 6.07) is 9.52. The number of aromatic nitrogens is 1. The lowest BCUT2D eigenvalue weighted by Crippen LogP contribution is -2.32. The second-order valence-electron chi connectivity index (χ2n) is 4.83. The number of pyridine rings is 1. The van der Waals surface area contributed by atoms with Gasteiger partial charge in [-0.15, -0.1) is 0 Å². The number of aryl methyl sites for hydroxylation is 1.